The zero-order valence-corrected chi connectivity index (χ0v) is 16.1. The van der Waals surface area contributed by atoms with Crippen LogP contribution in [0.25, 0.3) is 0 Å². The molecule has 27 heavy (non-hydrogen) atoms. The minimum Gasteiger partial charge on any atom is -0.493 e. The van der Waals surface area contributed by atoms with E-state index in [2.05, 4.69) is 6.92 Å². The Morgan fingerprint density at radius 2 is 1.89 bits per heavy atom. The number of hydrogen-bond donors (Lipinski definition) is 0. The second-order valence-corrected chi connectivity index (χ2v) is 6.98. The van der Waals surface area contributed by atoms with Crippen molar-refractivity contribution in [1.82, 2.24) is 4.90 Å². The lowest BCUT2D eigenvalue weighted by Gasteiger charge is -2.21. The van der Waals surface area contributed by atoms with Crippen LogP contribution >= 0.6 is 11.3 Å². The van der Waals surface area contributed by atoms with Crippen LogP contribution in [0.4, 0.5) is 0 Å². The molecule has 139 valence electrons. The van der Waals surface area contributed by atoms with E-state index >= 15 is 0 Å². The average molecular weight is 380 g/mol. The van der Waals surface area contributed by atoms with Crippen molar-refractivity contribution in [1.29, 1.82) is 0 Å². The highest BCUT2D eigenvalue weighted by molar-refractivity contribution is 7.09. The molecule has 0 fully saturated rings. The van der Waals surface area contributed by atoms with Crippen molar-refractivity contribution in [2.75, 3.05) is 13.7 Å². The third-order valence-corrected chi connectivity index (χ3v) is 4.99. The van der Waals surface area contributed by atoms with Gasteiger partial charge in [-0.3, -0.25) is 4.79 Å². The fourth-order valence-corrected chi connectivity index (χ4v) is 3.40. The predicted molar refractivity (Wildman–Crippen MR) is 108 cm³/mol. The Kier molecular flexibility index (Phi) is 6.49. The molecule has 0 saturated heterocycles. The second kappa shape index (κ2) is 9.24. The van der Waals surface area contributed by atoms with Crippen LogP contribution in [0.2, 0.25) is 0 Å². The number of rotatable bonds is 8. The van der Waals surface area contributed by atoms with Crippen molar-refractivity contribution in [3.05, 3.63) is 89.0 Å². The van der Waals surface area contributed by atoms with Crippen molar-refractivity contribution in [3.63, 3.8) is 0 Å². The first-order chi connectivity index (χ1) is 13.2. The SMILES string of the molecule is [CH2]CN(Cc1cccs1)C(=O)c1ccc(OCc2ccccc2)c(OC)c1. The molecular weight excluding hydrogens is 358 g/mol. The first kappa shape index (κ1) is 19.0. The Morgan fingerprint density at radius 1 is 1.07 bits per heavy atom. The first-order valence-corrected chi connectivity index (χ1v) is 9.55. The molecule has 1 radical (unpaired) electrons. The molecule has 0 aliphatic rings. The molecular formula is C22H22NO3S. The number of benzene rings is 2. The van der Waals surface area contributed by atoms with Crippen LogP contribution < -0.4 is 9.47 Å². The molecule has 1 heterocycles. The molecule has 0 aliphatic heterocycles. The van der Waals surface area contributed by atoms with E-state index in [4.69, 9.17) is 9.47 Å². The minimum absolute atomic E-state index is 0.0775. The minimum atomic E-state index is -0.0775. The van der Waals surface area contributed by atoms with Gasteiger partial charge in [-0.05, 0) is 42.1 Å². The third kappa shape index (κ3) is 4.89. The second-order valence-electron chi connectivity index (χ2n) is 5.95. The van der Waals surface area contributed by atoms with E-state index in [9.17, 15) is 4.79 Å². The van der Waals surface area contributed by atoms with Gasteiger partial charge >= 0.3 is 0 Å². The zero-order chi connectivity index (χ0) is 19.1. The van der Waals surface area contributed by atoms with Crippen LogP contribution in [0.15, 0.2) is 66.0 Å². The number of methoxy groups -OCH3 is 1. The Morgan fingerprint density at radius 3 is 2.56 bits per heavy atom. The first-order valence-electron chi connectivity index (χ1n) is 8.67. The monoisotopic (exact) mass is 380 g/mol. The molecule has 0 N–H and O–H groups in total. The van der Waals surface area contributed by atoms with E-state index in [1.54, 1.807) is 41.5 Å². The van der Waals surface area contributed by atoms with E-state index in [0.29, 0.717) is 36.8 Å². The van der Waals surface area contributed by atoms with E-state index in [-0.39, 0.29) is 5.91 Å². The predicted octanol–water partition coefficient (Wildman–Crippen LogP) is 4.81. The van der Waals surface area contributed by atoms with Gasteiger partial charge in [-0.1, -0.05) is 36.4 Å². The average Bonchev–Trinajstić information content (AvgIpc) is 3.24. The fraction of sp³-hybridized carbons (Fsp3) is 0.182. The molecule has 1 amide bonds. The molecule has 0 aliphatic carbocycles. The molecule has 0 atom stereocenters. The summed E-state index contributed by atoms with van der Waals surface area (Å²) < 4.78 is 11.3. The van der Waals surface area contributed by atoms with Crippen LogP contribution in [0, 0.1) is 6.92 Å². The standard InChI is InChI=1S/C22H22NO3S/c1-3-23(15-19-10-7-13-27-19)22(24)18-11-12-20(21(14-18)25-2)26-16-17-8-5-4-6-9-17/h4-14H,1,3,15-16H2,2H3. The quantitative estimate of drug-likeness (QED) is 0.563. The summed E-state index contributed by atoms with van der Waals surface area (Å²) in [7, 11) is 1.57. The number of amides is 1. The Balaban J connectivity index is 1.73. The van der Waals surface area contributed by atoms with Gasteiger partial charge in [0.15, 0.2) is 11.5 Å². The Bertz CT molecular complexity index is 863. The van der Waals surface area contributed by atoms with Crippen LogP contribution in [-0.4, -0.2) is 24.5 Å². The maximum atomic E-state index is 12.9. The lowest BCUT2D eigenvalue weighted by Crippen LogP contribution is -2.30. The maximum Gasteiger partial charge on any atom is 0.254 e. The van der Waals surface area contributed by atoms with Crippen LogP contribution in [0.3, 0.4) is 0 Å². The van der Waals surface area contributed by atoms with Gasteiger partial charge in [-0.2, -0.15) is 0 Å². The molecule has 1 aromatic heterocycles. The molecule has 3 rings (SSSR count). The van der Waals surface area contributed by atoms with E-state index < -0.39 is 0 Å². The Labute approximate surface area is 164 Å². The summed E-state index contributed by atoms with van der Waals surface area (Å²) in [6.07, 6.45) is 0. The van der Waals surface area contributed by atoms with E-state index in [1.165, 1.54) is 0 Å². The molecule has 2 aromatic carbocycles. The maximum absolute atomic E-state index is 12.9. The molecule has 0 unspecified atom stereocenters. The van der Waals surface area contributed by atoms with E-state index in [0.717, 1.165) is 10.4 Å². The highest BCUT2D eigenvalue weighted by Gasteiger charge is 2.17. The van der Waals surface area contributed by atoms with Gasteiger partial charge in [-0.15, -0.1) is 11.3 Å². The van der Waals surface area contributed by atoms with Gasteiger partial charge in [0, 0.05) is 17.0 Å². The largest absolute Gasteiger partial charge is 0.493 e. The summed E-state index contributed by atoms with van der Waals surface area (Å²) in [5.74, 6) is 1.07. The lowest BCUT2D eigenvalue weighted by atomic mass is 10.1. The molecule has 0 spiro atoms. The normalized spacial score (nSPS) is 10.4. The summed E-state index contributed by atoms with van der Waals surface area (Å²) in [4.78, 5) is 15.7. The van der Waals surface area contributed by atoms with Gasteiger partial charge in [0.1, 0.15) is 6.61 Å². The highest BCUT2D eigenvalue weighted by atomic mass is 32.1. The van der Waals surface area contributed by atoms with Gasteiger partial charge in [0.05, 0.1) is 13.7 Å². The number of hydrogen-bond acceptors (Lipinski definition) is 4. The fourth-order valence-electron chi connectivity index (χ4n) is 2.68. The van der Waals surface area contributed by atoms with Gasteiger partial charge < -0.3 is 14.4 Å². The van der Waals surface area contributed by atoms with Crippen LogP contribution in [-0.2, 0) is 13.2 Å². The van der Waals surface area contributed by atoms with Gasteiger partial charge in [-0.25, -0.2) is 0 Å². The van der Waals surface area contributed by atoms with Crippen molar-refractivity contribution < 1.29 is 14.3 Å². The highest BCUT2D eigenvalue weighted by Crippen LogP contribution is 2.29. The smallest absolute Gasteiger partial charge is 0.254 e. The van der Waals surface area contributed by atoms with Gasteiger partial charge in [0.25, 0.3) is 5.91 Å². The molecule has 3 aromatic rings. The molecule has 5 heteroatoms. The summed E-state index contributed by atoms with van der Waals surface area (Å²) in [6.45, 7) is 5.27. The summed E-state index contributed by atoms with van der Waals surface area (Å²) >= 11 is 1.63. The topological polar surface area (TPSA) is 38.8 Å². The molecule has 0 saturated carbocycles. The number of carbonyl (C=O) groups excluding carboxylic acids is 1. The number of carbonyl (C=O) groups is 1. The lowest BCUT2D eigenvalue weighted by molar-refractivity contribution is 0.0763. The number of thiophene rings is 1. The van der Waals surface area contributed by atoms with Crippen molar-refractivity contribution in [2.24, 2.45) is 0 Å². The zero-order valence-electron chi connectivity index (χ0n) is 15.3. The van der Waals surface area contributed by atoms with Gasteiger partial charge in [0.2, 0.25) is 0 Å². The number of ether oxygens (including phenoxy) is 2. The molecule has 0 bridgehead atoms. The van der Waals surface area contributed by atoms with Crippen molar-refractivity contribution in [2.45, 2.75) is 13.2 Å². The molecule has 4 nitrogen and oxygen atoms in total. The van der Waals surface area contributed by atoms with Crippen LogP contribution in [0.5, 0.6) is 11.5 Å². The van der Waals surface area contributed by atoms with Crippen molar-refractivity contribution in [3.8, 4) is 11.5 Å². The van der Waals surface area contributed by atoms with Crippen LogP contribution in [0.1, 0.15) is 20.8 Å². The summed E-state index contributed by atoms with van der Waals surface area (Å²) in [5, 5.41) is 2.00. The summed E-state index contributed by atoms with van der Waals surface area (Å²) in [5.41, 5.74) is 1.62. The number of nitrogens with zero attached hydrogens (tertiary/aromatic N) is 1. The third-order valence-electron chi connectivity index (χ3n) is 4.13. The summed E-state index contributed by atoms with van der Waals surface area (Å²) in [6, 6.07) is 19.2. The van der Waals surface area contributed by atoms with E-state index in [1.807, 2.05) is 47.8 Å². The Hall–Kier alpha value is -2.79. The van der Waals surface area contributed by atoms with Crippen molar-refractivity contribution >= 4 is 17.2 Å².